The highest BCUT2D eigenvalue weighted by Crippen LogP contribution is 2.33. The number of hydrogen-bond donors (Lipinski definition) is 1. The number of thiazole rings is 1. The topological polar surface area (TPSA) is 34.2 Å². The van der Waals surface area contributed by atoms with Crippen LogP contribution in [-0.2, 0) is 6.54 Å². The van der Waals surface area contributed by atoms with Gasteiger partial charge < -0.3 is 10.1 Å². The number of ether oxygens (including phenoxy) is 1. The Morgan fingerprint density at radius 3 is 2.85 bits per heavy atom. The number of benzene rings is 1. The molecule has 0 amide bonds. The van der Waals surface area contributed by atoms with E-state index in [1.54, 1.807) is 18.4 Å². The highest BCUT2D eigenvalue weighted by molar-refractivity contribution is 7.09. The van der Waals surface area contributed by atoms with Gasteiger partial charge in [-0.1, -0.05) is 13.8 Å². The van der Waals surface area contributed by atoms with Crippen molar-refractivity contribution in [1.82, 2.24) is 10.3 Å². The second-order valence-corrected chi connectivity index (χ2v) is 5.87. The quantitative estimate of drug-likeness (QED) is 0.871. The lowest BCUT2D eigenvalue weighted by molar-refractivity contribution is 0.406. The molecule has 1 N–H and O–H groups in total. The van der Waals surface area contributed by atoms with Gasteiger partial charge in [-0.05, 0) is 43.1 Å². The van der Waals surface area contributed by atoms with Gasteiger partial charge in [-0.25, -0.2) is 4.98 Å². The standard InChI is InChI=1S/C16H22N2OS/c1-5-11(2)13-8-12(6-7-15(13)19-4)14-10-20-16(18-14)9-17-3/h6-8,10-11,17H,5,9H2,1-4H3. The molecule has 0 radical (unpaired) electrons. The van der Waals surface area contributed by atoms with Crippen molar-refractivity contribution in [3.63, 3.8) is 0 Å². The minimum atomic E-state index is 0.486. The number of rotatable bonds is 6. The molecule has 1 aromatic heterocycles. The van der Waals surface area contributed by atoms with Crippen molar-refractivity contribution in [2.24, 2.45) is 0 Å². The van der Waals surface area contributed by atoms with E-state index in [4.69, 9.17) is 4.74 Å². The molecule has 0 bridgehead atoms. The summed E-state index contributed by atoms with van der Waals surface area (Å²) >= 11 is 1.69. The van der Waals surface area contributed by atoms with Crippen LogP contribution in [0.2, 0.25) is 0 Å². The third-order valence-corrected chi connectivity index (χ3v) is 4.40. The maximum atomic E-state index is 5.48. The summed E-state index contributed by atoms with van der Waals surface area (Å²) in [6, 6.07) is 6.35. The SMILES string of the molecule is CCC(C)c1cc(-c2csc(CNC)n2)ccc1OC. The molecule has 2 aromatic rings. The summed E-state index contributed by atoms with van der Waals surface area (Å²) in [7, 11) is 3.67. The molecule has 108 valence electrons. The predicted molar refractivity (Wildman–Crippen MR) is 85.6 cm³/mol. The zero-order chi connectivity index (χ0) is 14.5. The van der Waals surface area contributed by atoms with Crippen LogP contribution in [0.3, 0.4) is 0 Å². The molecule has 2 rings (SSSR count). The Morgan fingerprint density at radius 2 is 2.20 bits per heavy atom. The van der Waals surface area contributed by atoms with Gasteiger partial charge in [0, 0.05) is 17.5 Å². The van der Waals surface area contributed by atoms with E-state index in [-0.39, 0.29) is 0 Å². The van der Waals surface area contributed by atoms with Crippen LogP contribution in [-0.4, -0.2) is 19.1 Å². The van der Waals surface area contributed by atoms with Gasteiger partial charge in [0.2, 0.25) is 0 Å². The van der Waals surface area contributed by atoms with Crippen molar-refractivity contribution in [2.75, 3.05) is 14.2 Å². The molecule has 0 saturated carbocycles. The van der Waals surface area contributed by atoms with Crippen LogP contribution in [0.15, 0.2) is 23.6 Å². The first kappa shape index (κ1) is 15.0. The average molecular weight is 290 g/mol. The second-order valence-electron chi connectivity index (χ2n) is 4.92. The zero-order valence-corrected chi connectivity index (χ0v) is 13.4. The Balaban J connectivity index is 2.36. The Kier molecular flexibility index (Phi) is 5.15. The molecular formula is C16H22N2OS. The molecule has 0 fully saturated rings. The van der Waals surface area contributed by atoms with Gasteiger partial charge in [-0.15, -0.1) is 11.3 Å². The normalized spacial score (nSPS) is 12.4. The number of methoxy groups -OCH3 is 1. The molecular weight excluding hydrogens is 268 g/mol. The third-order valence-electron chi connectivity index (χ3n) is 3.55. The Morgan fingerprint density at radius 1 is 1.40 bits per heavy atom. The van der Waals surface area contributed by atoms with Crippen LogP contribution >= 0.6 is 11.3 Å². The fourth-order valence-corrected chi connectivity index (χ4v) is 2.99. The van der Waals surface area contributed by atoms with Crippen LogP contribution < -0.4 is 10.1 Å². The van der Waals surface area contributed by atoms with Gasteiger partial charge in [0.1, 0.15) is 10.8 Å². The van der Waals surface area contributed by atoms with Crippen molar-refractivity contribution in [2.45, 2.75) is 32.7 Å². The summed E-state index contributed by atoms with van der Waals surface area (Å²) < 4.78 is 5.48. The molecule has 1 heterocycles. The van der Waals surface area contributed by atoms with E-state index in [0.29, 0.717) is 5.92 Å². The molecule has 20 heavy (non-hydrogen) atoms. The van der Waals surface area contributed by atoms with Gasteiger partial charge in [0.15, 0.2) is 0 Å². The predicted octanol–water partition coefficient (Wildman–Crippen LogP) is 4.05. The summed E-state index contributed by atoms with van der Waals surface area (Å²) in [5.41, 5.74) is 3.47. The van der Waals surface area contributed by atoms with Crippen LogP contribution in [0.4, 0.5) is 0 Å². The summed E-state index contributed by atoms with van der Waals surface area (Å²) in [6.45, 7) is 5.25. The molecule has 1 atom stereocenters. The van der Waals surface area contributed by atoms with Gasteiger partial charge in [0.05, 0.1) is 12.8 Å². The summed E-state index contributed by atoms with van der Waals surface area (Å²) in [6.07, 6.45) is 1.10. The van der Waals surface area contributed by atoms with Gasteiger partial charge >= 0.3 is 0 Å². The molecule has 0 aliphatic heterocycles. The first-order chi connectivity index (χ1) is 9.69. The molecule has 1 unspecified atom stereocenters. The monoisotopic (exact) mass is 290 g/mol. The van der Waals surface area contributed by atoms with E-state index in [0.717, 1.165) is 29.4 Å². The van der Waals surface area contributed by atoms with Crippen molar-refractivity contribution in [3.8, 4) is 17.0 Å². The third kappa shape index (κ3) is 3.19. The van der Waals surface area contributed by atoms with Gasteiger partial charge in [-0.2, -0.15) is 0 Å². The Labute approximate surface area is 125 Å². The first-order valence-corrected chi connectivity index (χ1v) is 7.84. The van der Waals surface area contributed by atoms with E-state index in [2.05, 4.69) is 41.7 Å². The summed E-state index contributed by atoms with van der Waals surface area (Å²) in [4.78, 5) is 4.67. The van der Waals surface area contributed by atoms with Gasteiger partial charge in [-0.3, -0.25) is 0 Å². The maximum Gasteiger partial charge on any atom is 0.122 e. The van der Waals surface area contributed by atoms with Crippen molar-refractivity contribution >= 4 is 11.3 Å². The molecule has 0 spiro atoms. The average Bonchev–Trinajstić information content (AvgIpc) is 2.94. The van der Waals surface area contributed by atoms with Gasteiger partial charge in [0.25, 0.3) is 0 Å². The van der Waals surface area contributed by atoms with Crippen molar-refractivity contribution < 1.29 is 4.74 Å². The highest BCUT2D eigenvalue weighted by atomic mass is 32.1. The largest absolute Gasteiger partial charge is 0.496 e. The minimum Gasteiger partial charge on any atom is -0.496 e. The smallest absolute Gasteiger partial charge is 0.122 e. The molecule has 1 aromatic carbocycles. The van der Waals surface area contributed by atoms with Crippen LogP contribution in [0.5, 0.6) is 5.75 Å². The lowest BCUT2D eigenvalue weighted by atomic mass is 9.95. The van der Waals surface area contributed by atoms with Crippen LogP contribution in [0.1, 0.15) is 36.8 Å². The zero-order valence-electron chi connectivity index (χ0n) is 12.6. The lowest BCUT2D eigenvalue weighted by Crippen LogP contribution is -2.04. The summed E-state index contributed by atoms with van der Waals surface area (Å²) in [5, 5.41) is 6.37. The van der Waals surface area contributed by atoms with E-state index < -0.39 is 0 Å². The van der Waals surface area contributed by atoms with E-state index in [1.807, 2.05) is 13.1 Å². The Bertz CT molecular complexity index is 565. The lowest BCUT2D eigenvalue weighted by Gasteiger charge is -2.15. The van der Waals surface area contributed by atoms with E-state index >= 15 is 0 Å². The second kappa shape index (κ2) is 6.86. The highest BCUT2D eigenvalue weighted by Gasteiger charge is 2.12. The first-order valence-electron chi connectivity index (χ1n) is 6.96. The van der Waals surface area contributed by atoms with Crippen LogP contribution in [0, 0.1) is 0 Å². The van der Waals surface area contributed by atoms with Crippen molar-refractivity contribution in [3.05, 3.63) is 34.2 Å². The Hall–Kier alpha value is -1.39. The molecule has 0 aliphatic rings. The number of nitrogens with one attached hydrogen (secondary N) is 1. The van der Waals surface area contributed by atoms with E-state index in [9.17, 15) is 0 Å². The number of nitrogens with zero attached hydrogens (tertiary/aromatic N) is 1. The fraction of sp³-hybridized carbons (Fsp3) is 0.438. The molecule has 0 aliphatic carbocycles. The number of hydrogen-bond acceptors (Lipinski definition) is 4. The fourth-order valence-electron chi connectivity index (χ4n) is 2.17. The number of aromatic nitrogens is 1. The minimum absolute atomic E-state index is 0.486. The van der Waals surface area contributed by atoms with E-state index in [1.165, 1.54) is 11.1 Å². The maximum absolute atomic E-state index is 5.48. The van der Waals surface area contributed by atoms with Crippen molar-refractivity contribution in [1.29, 1.82) is 0 Å². The molecule has 0 saturated heterocycles. The molecule has 4 heteroatoms. The summed E-state index contributed by atoms with van der Waals surface area (Å²) in [5.74, 6) is 1.45. The van der Waals surface area contributed by atoms with Crippen LogP contribution in [0.25, 0.3) is 11.3 Å². The molecule has 3 nitrogen and oxygen atoms in total.